The lowest BCUT2D eigenvalue weighted by molar-refractivity contribution is 0.436. The molecule has 5 aromatic carbocycles. The first kappa shape index (κ1) is 40.1. The number of anilines is 5. The van der Waals surface area contributed by atoms with E-state index in [4.69, 9.17) is 0 Å². The van der Waals surface area contributed by atoms with Crippen molar-refractivity contribution in [3.8, 4) is 11.4 Å². The van der Waals surface area contributed by atoms with Crippen LogP contribution in [0, 0.1) is 6.92 Å². The zero-order valence-corrected chi connectivity index (χ0v) is 39.5. The van der Waals surface area contributed by atoms with Gasteiger partial charge in [0.25, 0.3) is 6.71 Å². The monoisotopic (exact) mass is 841 g/mol. The fourth-order valence-electron chi connectivity index (χ4n) is 12.9. The quantitative estimate of drug-likeness (QED) is 0.164. The van der Waals surface area contributed by atoms with Crippen LogP contribution in [-0.4, -0.2) is 21.9 Å². The van der Waals surface area contributed by atoms with Crippen LogP contribution in [0.15, 0.2) is 103 Å². The summed E-state index contributed by atoms with van der Waals surface area (Å²) in [6, 6.07) is 41.3. The van der Waals surface area contributed by atoms with E-state index in [-0.39, 0.29) is 17.5 Å². The number of rotatable bonds is 4. The van der Waals surface area contributed by atoms with Gasteiger partial charge in [0.05, 0.1) is 17.1 Å². The van der Waals surface area contributed by atoms with Crippen molar-refractivity contribution in [2.24, 2.45) is 0 Å². The van der Waals surface area contributed by atoms with Crippen LogP contribution < -0.4 is 26.4 Å². The van der Waals surface area contributed by atoms with Crippen LogP contribution in [0.1, 0.15) is 139 Å². The highest BCUT2D eigenvalue weighted by atomic mass is 15.2. The Kier molecular flexibility index (Phi) is 9.28. The molecule has 0 saturated heterocycles. The molecule has 0 bridgehead atoms. The summed E-state index contributed by atoms with van der Waals surface area (Å²) < 4.78 is 5.64. The summed E-state index contributed by atoms with van der Waals surface area (Å²) in [7, 11) is 0. The molecule has 3 aliphatic carbocycles. The molecule has 0 atom stereocenters. The van der Waals surface area contributed by atoms with Gasteiger partial charge < -0.3 is 18.9 Å². The molecule has 0 radical (unpaired) electrons. The first-order valence-electron chi connectivity index (χ1n) is 24.9. The Morgan fingerprint density at radius 1 is 0.516 bits per heavy atom. The third-order valence-corrected chi connectivity index (χ3v) is 16.0. The van der Waals surface area contributed by atoms with E-state index in [1.54, 1.807) is 22.5 Å². The van der Waals surface area contributed by atoms with Gasteiger partial charge in [-0.1, -0.05) is 121 Å². The van der Waals surface area contributed by atoms with Crippen LogP contribution in [0.2, 0.25) is 0 Å². The molecule has 324 valence electrons. The molecule has 4 nitrogen and oxygen atoms in total. The molecular formula is C59H65BN4. The minimum atomic E-state index is 0.0439. The van der Waals surface area contributed by atoms with E-state index in [1.807, 2.05) is 0 Å². The second-order valence-corrected chi connectivity index (χ2v) is 22.1. The number of aromatic nitrogens is 2. The summed E-state index contributed by atoms with van der Waals surface area (Å²) in [6.45, 7) is 16.5. The van der Waals surface area contributed by atoms with Gasteiger partial charge in [-0.15, -0.1) is 0 Å². The molecule has 2 aromatic heterocycles. The number of aryl methyl sites for hydroxylation is 1. The van der Waals surface area contributed by atoms with E-state index in [1.165, 1.54) is 142 Å². The van der Waals surface area contributed by atoms with Crippen molar-refractivity contribution < 1.29 is 0 Å². The van der Waals surface area contributed by atoms with Crippen molar-refractivity contribution in [3.63, 3.8) is 0 Å². The average molecular weight is 841 g/mol. The molecule has 0 spiro atoms. The topological polar surface area (TPSA) is 16.3 Å². The maximum Gasteiger partial charge on any atom is 0.294 e. The predicted molar refractivity (Wildman–Crippen MR) is 273 cm³/mol. The van der Waals surface area contributed by atoms with Crippen LogP contribution in [0.3, 0.4) is 0 Å². The summed E-state index contributed by atoms with van der Waals surface area (Å²) in [5.41, 5.74) is 24.7. The lowest BCUT2D eigenvalue weighted by atomic mass is 9.36. The fourth-order valence-corrected chi connectivity index (χ4v) is 12.9. The molecule has 12 rings (SSSR count). The number of benzene rings is 5. The smallest absolute Gasteiger partial charge is 0.294 e. The predicted octanol–water partition coefficient (Wildman–Crippen LogP) is 13.2. The van der Waals surface area contributed by atoms with E-state index < -0.39 is 0 Å². The van der Waals surface area contributed by atoms with Crippen LogP contribution in [0.4, 0.5) is 28.4 Å². The molecule has 2 aliphatic heterocycles. The van der Waals surface area contributed by atoms with Gasteiger partial charge in [0.2, 0.25) is 0 Å². The average Bonchev–Trinajstić information content (AvgIpc) is 3.82. The Bertz CT molecular complexity index is 2960. The van der Waals surface area contributed by atoms with E-state index in [0.717, 1.165) is 25.7 Å². The highest BCUT2D eigenvalue weighted by Crippen LogP contribution is 2.51. The summed E-state index contributed by atoms with van der Waals surface area (Å²) >= 11 is 0. The van der Waals surface area contributed by atoms with Gasteiger partial charge in [-0.3, -0.25) is 0 Å². The fraction of sp³-hybridized carbons (Fsp3) is 0.390. The first-order chi connectivity index (χ1) is 31.0. The van der Waals surface area contributed by atoms with E-state index in [2.05, 4.69) is 171 Å². The van der Waals surface area contributed by atoms with Crippen LogP contribution in [-0.2, 0) is 36.5 Å². The van der Waals surface area contributed by atoms with Crippen LogP contribution >= 0.6 is 0 Å². The molecule has 5 heteroatoms. The summed E-state index contributed by atoms with van der Waals surface area (Å²) in [5.74, 6) is 0. The van der Waals surface area contributed by atoms with Gasteiger partial charge >= 0.3 is 0 Å². The van der Waals surface area contributed by atoms with Crippen molar-refractivity contribution in [1.29, 1.82) is 0 Å². The van der Waals surface area contributed by atoms with Crippen LogP contribution in [0.5, 0.6) is 0 Å². The van der Waals surface area contributed by atoms with Gasteiger partial charge in [-0.25, -0.2) is 0 Å². The second-order valence-electron chi connectivity index (χ2n) is 22.1. The number of fused-ring (bicyclic) bond motifs is 9. The summed E-state index contributed by atoms with van der Waals surface area (Å²) in [4.78, 5) is 5.73. The van der Waals surface area contributed by atoms with E-state index in [0.29, 0.717) is 6.04 Å². The van der Waals surface area contributed by atoms with Gasteiger partial charge in [0, 0.05) is 56.8 Å². The molecule has 4 heterocycles. The van der Waals surface area contributed by atoms with Gasteiger partial charge in [-0.2, -0.15) is 0 Å². The van der Waals surface area contributed by atoms with Crippen molar-refractivity contribution in [3.05, 3.63) is 142 Å². The highest BCUT2D eigenvalue weighted by molar-refractivity contribution is 6.99. The molecule has 1 saturated carbocycles. The molecule has 1 fully saturated rings. The Morgan fingerprint density at radius 2 is 1.05 bits per heavy atom. The first-order valence-corrected chi connectivity index (χ1v) is 24.9. The van der Waals surface area contributed by atoms with Crippen molar-refractivity contribution >= 4 is 62.6 Å². The van der Waals surface area contributed by atoms with Crippen molar-refractivity contribution in [2.75, 3.05) is 9.80 Å². The Balaban J connectivity index is 1.25. The van der Waals surface area contributed by atoms with Crippen LogP contribution in [0.25, 0.3) is 22.1 Å². The molecule has 0 unspecified atom stereocenters. The van der Waals surface area contributed by atoms with Gasteiger partial charge in [0.1, 0.15) is 0 Å². The standard InChI is InChI=1S/C59H65BN4/c1-38-36-51-53-52(37-38)64(48-27-17-19-39-18-11-12-22-45(39)48)55-47-24-14-16-26-50(47)63(44-34-30-41(31-35-44)59(5,6)7)57(55)60(53)56-54(61(51)42-20-9-8-10-21-42)46-23-13-15-25-49(46)62(56)43-32-28-40(29-33-43)58(2,3)4/h11-12,17-19,22,27-37,42H,8-10,13-16,20-21,23-26H2,1-7H3. The normalized spacial score (nSPS) is 17.3. The van der Waals surface area contributed by atoms with Gasteiger partial charge in [-0.05, 0) is 163 Å². The molecule has 0 N–H and O–H groups in total. The largest absolute Gasteiger partial charge is 0.338 e. The van der Waals surface area contributed by atoms with Crippen molar-refractivity contribution in [2.45, 2.75) is 149 Å². The number of nitrogens with zero attached hydrogens (tertiary/aromatic N) is 4. The number of hydrogen-bond acceptors (Lipinski definition) is 2. The third kappa shape index (κ3) is 6.08. The zero-order chi connectivity index (χ0) is 43.6. The SMILES string of the molecule is Cc1cc2c3c(c1)N(C1CCCCC1)c1c4c(n(-c5ccc(C(C)(C)C)cc5)c1B3c1c(c3c(n1-c1ccc(C(C)(C)C)cc1)CCCC3)N2c1cccc2ccccc12)CCCC4. The molecule has 0 amide bonds. The van der Waals surface area contributed by atoms with Crippen molar-refractivity contribution in [1.82, 2.24) is 9.13 Å². The van der Waals surface area contributed by atoms with E-state index in [9.17, 15) is 0 Å². The summed E-state index contributed by atoms with van der Waals surface area (Å²) in [6.07, 6.45) is 15.8. The Morgan fingerprint density at radius 3 is 1.66 bits per heavy atom. The molecule has 64 heavy (non-hydrogen) atoms. The third-order valence-electron chi connectivity index (χ3n) is 16.0. The number of hydrogen-bond donors (Lipinski definition) is 0. The molecular weight excluding hydrogens is 775 g/mol. The lowest BCUT2D eigenvalue weighted by Gasteiger charge is -2.47. The minimum Gasteiger partial charge on any atom is -0.338 e. The molecule has 5 aliphatic rings. The van der Waals surface area contributed by atoms with Gasteiger partial charge in [0.15, 0.2) is 0 Å². The Labute approximate surface area is 382 Å². The molecule has 7 aromatic rings. The summed E-state index contributed by atoms with van der Waals surface area (Å²) in [5, 5.41) is 2.61. The maximum absolute atomic E-state index is 2.96. The van der Waals surface area contributed by atoms with E-state index >= 15 is 0 Å². The highest BCUT2D eigenvalue weighted by Gasteiger charge is 2.52. The second kappa shape index (κ2) is 14.8. The minimum absolute atomic E-state index is 0.0439. The zero-order valence-electron chi connectivity index (χ0n) is 39.5. The Hall–Kier alpha value is -5.42. The lowest BCUT2D eigenvalue weighted by Crippen LogP contribution is -2.65. The maximum atomic E-state index is 2.96.